The predicted octanol–water partition coefficient (Wildman–Crippen LogP) is 1.58. The third-order valence-electron chi connectivity index (χ3n) is 3.16. The van der Waals surface area contributed by atoms with Gasteiger partial charge in [-0.3, -0.25) is 0 Å². The summed E-state index contributed by atoms with van der Waals surface area (Å²) in [4.78, 5) is 8.49. The maximum atomic E-state index is 9.50. The first kappa shape index (κ1) is 13.7. The zero-order valence-corrected chi connectivity index (χ0v) is 10.8. The van der Waals surface area contributed by atoms with Gasteiger partial charge in [-0.25, -0.2) is 9.97 Å². The Bertz CT molecular complexity index is 355. The monoisotopic (exact) mass is 238 g/mol. The molecule has 0 unspecified atom stereocenters. The van der Waals surface area contributed by atoms with Crippen LogP contribution < -0.4 is 11.1 Å². The zero-order valence-electron chi connectivity index (χ0n) is 10.8. The van der Waals surface area contributed by atoms with E-state index in [9.17, 15) is 5.11 Å². The Morgan fingerprint density at radius 3 is 2.41 bits per heavy atom. The van der Waals surface area contributed by atoms with Crippen molar-refractivity contribution in [2.75, 3.05) is 17.7 Å². The molecule has 1 aromatic rings. The summed E-state index contributed by atoms with van der Waals surface area (Å²) in [7, 11) is 0. The van der Waals surface area contributed by atoms with Crippen molar-refractivity contribution in [2.45, 2.75) is 45.6 Å². The first-order chi connectivity index (χ1) is 8.09. The number of nitrogens with two attached hydrogens (primary N) is 1. The van der Waals surface area contributed by atoms with E-state index in [1.165, 1.54) is 0 Å². The van der Waals surface area contributed by atoms with E-state index in [-0.39, 0.29) is 12.1 Å². The first-order valence-corrected chi connectivity index (χ1v) is 6.11. The first-order valence-electron chi connectivity index (χ1n) is 6.11. The molecular weight excluding hydrogens is 216 g/mol. The van der Waals surface area contributed by atoms with Gasteiger partial charge in [0.15, 0.2) is 0 Å². The molecule has 17 heavy (non-hydrogen) atoms. The third-order valence-corrected chi connectivity index (χ3v) is 3.16. The summed E-state index contributed by atoms with van der Waals surface area (Å²) in [6, 6.07) is 1.70. The van der Waals surface area contributed by atoms with Crippen LogP contribution in [0.1, 0.15) is 39.4 Å². The lowest BCUT2D eigenvalue weighted by Gasteiger charge is -2.31. The molecule has 96 valence electrons. The third kappa shape index (κ3) is 3.30. The maximum Gasteiger partial charge on any atom is 0.132 e. The lowest BCUT2D eigenvalue weighted by atomic mass is 9.94. The van der Waals surface area contributed by atoms with Gasteiger partial charge in [-0.15, -0.1) is 0 Å². The van der Waals surface area contributed by atoms with E-state index in [0.717, 1.165) is 19.3 Å². The fourth-order valence-electron chi connectivity index (χ4n) is 1.70. The van der Waals surface area contributed by atoms with Gasteiger partial charge in [-0.2, -0.15) is 0 Å². The SMILES string of the molecule is CCc1nc(N)cc(NC(CC)(CC)CO)n1. The van der Waals surface area contributed by atoms with E-state index >= 15 is 0 Å². The summed E-state index contributed by atoms with van der Waals surface area (Å²) in [5.74, 6) is 1.86. The van der Waals surface area contributed by atoms with Crippen molar-refractivity contribution in [1.29, 1.82) is 0 Å². The van der Waals surface area contributed by atoms with Gasteiger partial charge in [0.25, 0.3) is 0 Å². The molecule has 1 aromatic heterocycles. The molecule has 0 aromatic carbocycles. The van der Waals surface area contributed by atoms with Gasteiger partial charge in [-0.1, -0.05) is 20.8 Å². The minimum atomic E-state index is -0.328. The second-order valence-electron chi connectivity index (χ2n) is 4.22. The smallest absolute Gasteiger partial charge is 0.132 e. The lowest BCUT2D eigenvalue weighted by molar-refractivity contribution is 0.202. The Balaban J connectivity index is 2.96. The minimum absolute atomic E-state index is 0.0748. The number of aliphatic hydroxyl groups is 1. The molecule has 1 rings (SSSR count). The second kappa shape index (κ2) is 5.82. The fraction of sp³-hybridized carbons (Fsp3) is 0.667. The van der Waals surface area contributed by atoms with Crippen LogP contribution in [0.3, 0.4) is 0 Å². The minimum Gasteiger partial charge on any atom is -0.394 e. The van der Waals surface area contributed by atoms with E-state index in [2.05, 4.69) is 15.3 Å². The molecule has 0 radical (unpaired) electrons. The van der Waals surface area contributed by atoms with E-state index in [4.69, 9.17) is 5.73 Å². The van der Waals surface area contributed by atoms with Crippen LogP contribution in [0, 0.1) is 0 Å². The van der Waals surface area contributed by atoms with E-state index < -0.39 is 0 Å². The van der Waals surface area contributed by atoms with Crippen molar-refractivity contribution in [1.82, 2.24) is 9.97 Å². The average Bonchev–Trinajstić information content (AvgIpc) is 2.35. The molecule has 5 heteroatoms. The van der Waals surface area contributed by atoms with Gasteiger partial charge < -0.3 is 16.2 Å². The molecule has 0 saturated heterocycles. The summed E-state index contributed by atoms with van der Waals surface area (Å²) in [5, 5.41) is 12.8. The number of aromatic nitrogens is 2. The average molecular weight is 238 g/mol. The summed E-state index contributed by atoms with van der Waals surface area (Å²) in [6.45, 7) is 6.14. The van der Waals surface area contributed by atoms with Crippen molar-refractivity contribution in [2.24, 2.45) is 0 Å². The highest BCUT2D eigenvalue weighted by molar-refractivity contribution is 5.46. The molecule has 4 N–H and O–H groups in total. The number of hydrogen-bond donors (Lipinski definition) is 3. The Morgan fingerprint density at radius 1 is 1.29 bits per heavy atom. The van der Waals surface area contributed by atoms with Crippen molar-refractivity contribution < 1.29 is 5.11 Å². The fourth-order valence-corrected chi connectivity index (χ4v) is 1.70. The normalized spacial score (nSPS) is 11.5. The van der Waals surface area contributed by atoms with Gasteiger partial charge in [0.2, 0.25) is 0 Å². The second-order valence-corrected chi connectivity index (χ2v) is 4.22. The molecule has 0 atom stereocenters. The van der Waals surface area contributed by atoms with Crippen LogP contribution in [0.4, 0.5) is 11.6 Å². The van der Waals surface area contributed by atoms with Gasteiger partial charge in [0, 0.05) is 12.5 Å². The van der Waals surface area contributed by atoms with Crippen LogP contribution in [-0.2, 0) is 6.42 Å². The Kier molecular flexibility index (Phi) is 4.69. The Hall–Kier alpha value is -1.36. The highest BCUT2D eigenvalue weighted by Gasteiger charge is 2.25. The van der Waals surface area contributed by atoms with E-state index in [0.29, 0.717) is 17.5 Å². The number of anilines is 2. The summed E-state index contributed by atoms with van der Waals surface area (Å²) in [6.07, 6.45) is 2.39. The molecule has 0 aliphatic heterocycles. The topological polar surface area (TPSA) is 84.1 Å². The Labute approximate surface area is 102 Å². The van der Waals surface area contributed by atoms with Crippen LogP contribution in [0.15, 0.2) is 6.07 Å². The largest absolute Gasteiger partial charge is 0.394 e. The molecule has 0 aliphatic carbocycles. The van der Waals surface area contributed by atoms with Crippen LogP contribution in [0.25, 0.3) is 0 Å². The van der Waals surface area contributed by atoms with Gasteiger partial charge >= 0.3 is 0 Å². The van der Waals surface area contributed by atoms with Crippen molar-refractivity contribution in [3.8, 4) is 0 Å². The molecule has 0 aliphatic rings. The van der Waals surface area contributed by atoms with Crippen molar-refractivity contribution in [3.05, 3.63) is 11.9 Å². The number of aryl methyl sites for hydroxylation is 1. The van der Waals surface area contributed by atoms with Gasteiger partial charge in [-0.05, 0) is 12.8 Å². The van der Waals surface area contributed by atoms with Gasteiger partial charge in [0.05, 0.1) is 12.1 Å². The maximum absolute atomic E-state index is 9.50. The van der Waals surface area contributed by atoms with E-state index in [1.54, 1.807) is 6.07 Å². The molecular formula is C12H22N4O. The Morgan fingerprint density at radius 2 is 1.94 bits per heavy atom. The van der Waals surface area contributed by atoms with Crippen molar-refractivity contribution >= 4 is 11.6 Å². The van der Waals surface area contributed by atoms with Crippen LogP contribution >= 0.6 is 0 Å². The highest BCUT2D eigenvalue weighted by atomic mass is 16.3. The quantitative estimate of drug-likeness (QED) is 0.701. The number of aliphatic hydroxyl groups excluding tert-OH is 1. The zero-order chi connectivity index (χ0) is 12.9. The predicted molar refractivity (Wildman–Crippen MR) is 69.8 cm³/mol. The summed E-state index contributed by atoms with van der Waals surface area (Å²) < 4.78 is 0. The number of hydrogen-bond acceptors (Lipinski definition) is 5. The van der Waals surface area contributed by atoms with E-state index in [1.807, 2.05) is 20.8 Å². The molecule has 0 bridgehead atoms. The highest BCUT2D eigenvalue weighted by Crippen LogP contribution is 2.21. The molecule has 5 nitrogen and oxygen atoms in total. The number of nitrogens with zero attached hydrogens (tertiary/aromatic N) is 2. The summed E-state index contributed by atoms with van der Waals surface area (Å²) in [5.41, 5.74) is 5.40. The number of nitrogen functional groups attached to an aromatic ring is 1. The number of nitrogens with one attached hydrogen (secondary N) is 1. The number of rotatable bonds is 6. The van der Waals surface area contributed by atoms with Crippen LogP contribution in [0.2, 0.25) is 0 Å². The molecule has 0 amide bonds. The molecule has 0 spiro atoms. The summed E-state index contributed by atoms with van der Waals surface area (Å²) >= 11 is 0. The molecule has 1 heterocycles. The van der Waals surface area contributed by atoms with Crippen LogP contribution in [-0.4, -0.2) is 27.2 Å². The van der Waals surface area contributed by atoms with Gasteiger partial charge in [0.1, 0.15) is 17.5 Å². The lowest BCUT2D eigenvalue weighted by Crippen LogP contribution is -2.41. The van der Waals surface area contributed by atoms with Crippen LogP contribution in [0.5, 0.6) is 0 Å². The molecule has 0 saturated carbocycles. The standard InChI is InChI=1S/C12H22N4O/c1-4-10-14-9(13)7-11(15-10)16-12(5-2,6-3)8-17/h7,17H,4-6,8H2,1-3H3,(H3,13,14,15,16). The molecule has 0 fully saturated rings. The van der Waals surface area contributed by atoms with Crippen molar-refractivity contribution in [3.63, 3.8) is 0 Å².